The molecule has 0 N–H and O–H groups in total. The lowest BCUT2D eigenvalue weighted by Crippen LogP contribution is -1.94. The van der Waals surface area contributed by atoms with Crippen molar-refractivity contribution in [1.82, 2.24) is 4.98 Å². The van der Waals surface area contributed by atoms with Gasteiger partial charge in [0.1, 0.15) is 0 Å². The largest absolute Gasteiger partial charge is 0.294 e. The van der Waals surface area contributed by atoms with Crippen molar-refractivity contribution in [2.75, 3.05) is 0 Å². The molecule has 0 aliphatic carbocycles. The van der Waals surface area contributed by atoms with Gasteiger partial charge >= 0.3 is 0 Å². The maximum absolute atomic E-state index is 11.2. The molecule has 0 saturated carbocycles. The molecule has 0 saturated heterocycles. The van der Waals surface area contributed by atoms with Gasteiger partial charge in [-0.25, -0.2) is 0 Å². The molecular weight excluding hydrogens is 198 g/mol. The van der Waals surface area contributed by atoms with Crippen molar-refractivity contribution in [3.63, 3.8) is 0 Å². The highest BCUT2D eigenvalue weighted by atomic mass is 16.1. The molecule has 2 nitrogen and oxygen atoms in total. The molecule has 0 atom stereocenters. The Balaban J connectivity index is 0.000000386. The summed E-state index contributed by atoms with van der Waals surface area (Å²) in [5.41, 5.74) is 1.61. The summed E-state index contributed by atoms with van der Waals surface area (Å²) in [4.78, 5) is 15.4. The predicted octanol–water partition coefficient (Wildman–Crippen LogP) is 3.63. The Labute approximate surface area is 95.6 Å². The third-order valence-electron chi connectivity index (χ3n) is 2.03. The lowest BCUT2D eigenvalue weighted by molar-refractivity contribution is 0.101. The Morgan fingerprint density at radius 1 is 1.31 bits per heavy atom. The van der Waals surface area contributed by atoms with Crippen molar-refractivity contribution >= 4 is 16.7 Å². The van der Waals surface area contributed by atoms with E-state index in [-0.39, 0.29) is 5.78 Å². The van der Waals surface area contributed by atoms with Gasteiger partial charge in [-0.3, -0.25) is 9.78 Å². The van der Waals surface area contributed by atoms with E-state index in [1.54, 1.807) is 25.3 Å². The number of carbonyl (C=O) groups excluding carboxylic acids is 1. The highest BCUT2D eigenvalue weighted by molar-refractivity contribution is 6.05. The summed E-state index contributed by atoms with van der Waals surface area (Å²) >= 11 is 0. The molecule has 0 aliphatic heterocycles. The van der Waals surface area contributed by atoms with Gasteiger partial charge in [0.05, 0.1) is 5.52 Å². The van der Waals surface area contributed by atoms with E-state index in [2.05, 4.69) is 11.6 Å². The van der Waals surface area contributed by atoms with Crippen LogP contribution in [0, 0.1) is 0 Å². The van der Waals surface area contributed by atoms with Gasteiger partial charge in [0.2, 0.25) is 0 Å². The minimum Gasteiger partial charge on any atom is -0.294 e. The summed E-state index contributed by atoms with van der Waals surface area (Å²) in [6.07, 6.45) is 3.42. The van der Waals surface area contributed by atoms with Crippen LogP contribution in [-0.4, -0.2) is 10.8 Å². The summed E-state index contributed by atoms with van der Waals surface area (Å²) < 4.78 is 0. The van der Waals surface area contributed by atoms with Crippen LogP contribution in [0.25, 0.3) is 10.9 Å². The van der Waals surface area contributed by atoms with Gasteiger partial charge in [-0.2, -0.15) is 0 Å². The molecule has 0 fully saturated rings. The van der Waals surface area contributed by atoms with E-state index in [1.165, 1.54) is 0 Å². The topological polar surface area (TPSA) is 30.0 Å². The summed E-state index contributed by atoms with van der Waals surface area (Å²) in [7, 11) is 0. The first-order valence-corrected chi connectivity index (χ1v) is 5.12. The Morgan fingerprint density at radius 3 is 2.56 bits per heavy atom. The number of fused-ring (bicyclic) bond motifs is 1. The first-order chi connectivity index (χ1) is 7.70. The smallest absolute Gasteiger partial charge is 0.160 e. The van der Waals surface area contributed by atoms with Gasteiger partial charge in [0.15, 0.2) is 5.78 Å². The van der Waals surface area contributed by atoms with Crippen LogP contribution < -0.4 is 0 Å². The maximum atomic E-state index is 11.2. The van der Waals surface area contributed by atoms with Crippen molar-refractivity contribution in [3.05, 3.63) is 54.7 Å². The molecule has 82 valence electrons. The van der Waals surface area contributed by atoms with Crippen molar-refractivity contribution in [1.29, 1.82) is 0 Å². The van der Waals surface area contributed by atoms with E-state index < -0.39 is 0 Å². The van der Waals surface area contributed by atoms with Crippen molar-refractivity contribution < 1.29 is 4.79 Å². The van der Waals surface area contributed by atoms with Gasteiger partial charge in [0.25, 0.3) is 0 Å². The molecule has 0 spiro atoms. The monoisotopic (exact) mass is 213 g/mol. The van der Waals surface area contributed by atoms with Gasteiger partial charge in [-0.05, 0) is 26.0 Å². The number of pyridine rings is 1. The van der Waals surface area contributed by atoms with E-state index in [0.29, 0.717) is 0 Å². The number of hydrogen-bond acceptors (Lipinski definition) is 2. The van der Waals surface area contributed by atoms with E-state index in [9.17, 15) is 4.79 Å². The molecule has 0 aliphatic rings. The molecule has 2 heteroatoms. The van der Waals surface area contributed by atoms with Crippen molar-refractivity contribution in [2.24, 2.45) is 0 Å². The number of Topliss-reactive ketones (excluding diaryl/α,β-unsaturated/α-hetero) is 1. The highest BCUT2D eigenvalue weighted by Gasteiger charge is 2.03. The number of ketones is 1. The number of carbonyl (C=O) groups is 1. The van der Waals surface area contributed by atoms with Crippen LogP contribution in [0.1, 0.15) is 24.2 Å². The normalized spacial score (nSPS) is 9.12. The fraction of sp³-hybridized carbons (Fsp3) is 0.143. The average Bonchev–Trinajstić information content (AvgIpc) is 2.29. The molecule has 2 aromatic rings. The molecule has 1 heterocycles. The van der Waals surface area contributed by atoms with Gasteiger partial charge in [-0.1, -0.05) is 24.3 Å². The molecule has 2 rings (SSSR count). The van der Waals surface area contributed by atoms with E-state index >= 15 is 0 Å². The zero-order valence-electron chi connectivity index (χ0n) is 9.60. The van der Waals surface area contributed by atoms with Crippen LogP contribution in [0.3, 0.4) is 0 Å². The van der Waals surface area contributed by atoms with E-state index in [4.69, 9.17) is 0 Å². The van der Waals surface area contributed by atoms with E-state index in [1.807, 2.05) is 31.2 Å². The van der Waals surface area contributed by atoms with Crippen LogP contribution >= 0.6 is 0 Å². The first-order valence-electron chi connectivity index (χ1n) is 5.12. The van der Waals surface area contributed by atoms with Crippen molar-refractivity contribution in [3.8, 4) is 0 Å². The number of aromatic nitrogens is 1. The quantitative estimate of drug-likeness (QED) is 0.535. The highest BCUT2D eigenvalue weighted by Crippen LogP contribution is 2.15. The number of rotatable bonds is 1. The average molecular weight is 213 g/mol. The van der Waals surface area contributed by atoms with Crippen LogP contribution in [0.15, 0.2) is 49.2 Å². The zero-order valence-corrected chi connectivity index (χ0v) is 9.60. The lowest BCUT2D eigenvalue weighted by Gasteiger charge is -2.00. The zero-order chi connectivity index (χ0) is 12.0. The first kappa shape index (κ1) is 12.1. The SMILES string of the molecule is C=CC.CC(=O)c1ccnc2ccccc12. The summed E-state index contributed by atoms with van der Waals surface area (Å²) in [5.74, 6) is 0.0820. The Bertz CT molecular complexity index is 498. The number of nitrogens with zero attached hydrogens (tertiary/aromatic N) is 1. The summed E-state index contributed by atoms with van der Waals surface area (Å²) in [6, 6.07) is 9.40. The van der Waals surface area contributed by atoms with Gasteiger partial charge in [0, 0.05) is 17.1 Å². The van der Waals surface area contributed by atoms with Crippen LogP contribution in [0.2, 0.25) is 0 Å². The lowest BCUT2D eigenvalue weighted by atomic mass is 10.1. The number of hydrogen-bond donors (Lipinski definition) is 0. The third-order valence-corrected chi connectivity index (χ3v) is 2.03. The number of allylic oxidation sites excluding steroid dienone is 1. The maximum Gasteiger partial charge on any atom is 0.160 e. The molecular formula is C14H15NO. The molecule has 0 radical (unpaired) electrons. The number of para-hydroxylation sites is 1. The van der Waals surface area contributed by atoms with Gasteiger partial charge < -0.3 is 0 Å². The summed E-state index contributed by atoms with van der Waals surface area (Å²) in [5, 5.41) is 0.928. The molecule has 1 aromatic heterocycles. The molecule has 0 amide bonds. The summed E-state index contributed by atoms with van der Waals surface area (Å²) in [6.45, 7) is 6.82. The third kappa shape index (κ3) is 2.76. The second-order valence-electron chi connectivity index (χ2n) is 3.34. The second-order valence-corrected chi connectivity index (χ2v) is 3.34. The Morgan fingerprint density at radius 2 is 1.94 bits per heavy atom. The fourth-order valence-corrected chi connectivity index (χ4v) is 1.40. The minimum atomic E-state index is 0.0820. The Hall–Kier alpha value is -1.96. The van der Waals surface area contributed by atoms with Crippen molar-refractivity contribution in [2.45, 2.75) is 13.8 Å². The van der Waals surface area contributed by atoms with Crippen LogP contribution in [0.5, 0.6) is 0 Å². The predicted molar refractivity (Wildman–Crippen MR) is 67.6 cm³/mol. The molecule has 16 heavy (non-hydrogen) atoms. The van der Waals surface area contributed by atoms with Crippen LogP contribution in [-0.2, 0) is 0 Å². The minimum absolute atomic E-state index is 0.0820. The van der Waals surface area contributed by atoms with E-state index in [0.717, 1.165) is 16.5 Å². The van der Waals surface area contributed by atoms with Gasteiger partial charge in [-0.15, -0.1) is 6.58 Å². The molecule has 0 bridgehead atoms. The van der Waals surface area contributed by atoms with Crippen LogP contribution in [0.4, 0.5) is 0 Å². The molecule has 0 unspecified atom stereocenters. The fourth-order valence-electron chi connectivity index (χ4n) is 1.40. The Kier molecular flexibility index (Phi) is 4.40. The molecule has 1 aromatic carbocycles. The standard InChI is InChI=1S/C11H9NO.C3H6/c1-8(13)9-6-7-12-11-5-3-2-4-10(9)11;1-3-2/h2-7H,1H3;3H,1H2,2H3. The number of benzene rings is 1. The second kappa shape index (κ2) is 5.81.